The zero-order valence-corrected chi connectivity index (χ0v) is 13.3. The van der Waals surface area contributed by atoms with Crippen molar-refractivity contribution in [1.29, 1.82) is 0 Å². The highest BCUT2D eigenvalue weighted by molar-refractivity contribution is 8.18. The Morgan fingerprint density at radius 3 is 2.54 bits per heavy atom. The van der Waals surface area contributed by atoms with Crippen LogP contribution in [-0.2, 0) is 11.3 Å². The van der Waals surface area contributed by atoms with Crippen LogP contribution in [0.5, 0.6) is 0 Å². The second-order valence-corrected chi connectivity index (χ2v) is 6.16. The van der Waals surface area contributed by atoms with E-state index in [-0.39, 0.29) is 23.3 Å². The summed E-state index contributed by atoms with van der Waals surface area (Å²) in [5.74, 6) is -1.68. The Balaban J connectivity index is 1.81. The van der Waals surface area contributed by atoms with Crippen LogP contribution in [0.4, 0.5) is 4.79 Å². The predicted octanol–water partition coefficient (Wildman–Crippen LogP) is 2.29. The molecular formula is C18H12NO4S-. The van der Waals surface area contributed by atoms with Gasteiger partial charge in [0.2, 0.25) is 0 Å². The first kappa shape index (κ1) is 16.0. The van der Waals surface area contributed by atoms with Gasteiger partial charge < -0.3 is 9.90 Å². The number of carboxylic acids is 1. The highest BCUT2D eigenvalue weighted by Crippen LogP contribution is 2.33. The molecule has 1 aliphatic rings. The third-order valence-corrected chi connectivity index (χ3v) is 4.38. The van der Waals surface area contributed by atoms with Gasteiger partial charge in [-0.05, 0) is 40.6 Å². The number of benzene rings is 2. The average Bonchev–Trinajstić information content (AvgIpc) is 2.83. The summed E-state index contributed by atoms with van der Waals surface area (Å²) in [4.78, 5) is 36.9. The van der Waals surface area contributed by atoms with Crippen LogP contribution in [0.3, 0.4) is 0 Å². The molecule has 0 aromatic heterocycles. The molecule has 2 aromatic carbocycles. The molecule has 0 unspecified atom stereocenters. The van der Waals surface area contributed by atoms with E-state index in [9.17, 15) is 19.5 Å². The Bertz CT molecular complexity index is 845. The van der Waals surface area contributed by atoms with Gasteiger partial charge in [-0.2, -0.15) is 0 Å². The maximum absolute atomic E-state index is 12.4. The van der Waals surface area contributed by atoms with Crippen molar-refractivity contribution < 1.29 is 19.5 Å². The zero-order valence-electron chi connectivity index (χ0n) is 12.5. The Kier molecular flexibility index (Phi) is 4.48. The van der Waals surface area contributed by atoms with E-state index >= 15 is 0 Å². The van der Waals surface area contributed by atoms with Crippen molar-refractivity contribution in [2.75, 3.05) is 0 Å². The van der Waals surface area contributed by atoms with E-state index in [1.54, 1.807) is 18.2 Å². The molecule has 6 heteroatoms. The van der Waals surface area contributed by atoms with Crippen LogP contribution in [0.1, 0.15) is 21.5 Å². The molecule has 0 aliphatic carbocycles. The van der Waals surface area contributed by atoms with Crippen molar-refractivity contribution in [3.05, 3.63) is 76.2 Å². The first-order valence-electron chi connectivity index (χ1n) is 7.15. The third kappa shape index (κ3) is 3.38. The molecule has 1 saturated heterocycles. The molecule has 1 aliphatic heterocycles. The fourth-order valence-electron chi connectivity index (χ4n) is 2.32. The van der Waals surface area contributed by atoms with Crippen LogP contribution in [0, 0.1) is 0 Å². The first-order chi connectivity index (χ1) is 11.5. The Morgan fingerprint density at radius 1 is 1.08 bits per heavy atom. The number of rotatable bonds is 4. The van der Waals surface area contributed by atoms with Crippen molar-refractivity contribution in [2.45, 2.75) is 6.54 Å². The van der Waals surface area contributed by atoms with Gasteiger partial charge in [-0.1, -0.05) is 48.5 Å². The minimum Gasteiger partial charge on any atom is -0.545 e. The second-order valence-electron chi connectivity index (χ2n) is 5.17. The van der Waals surface area contributed by atoms with Gasteiger partial charge in [0, 0.05) is 0 Å². The monoisotopic (exact) mass is 338 g/mol. The number of hydrogen-bond donors (Lipinski definition) is 0. The topological polar surface area (TPSA) is 77.5 Å². The standard InChI is InChI=1S/C18H13NO4S/c20-16-15(10-12-5-2-1-3-6-12)24-18(23)19(16)11-13-7-4-8-14(9-13)17(21)22/h1-10H,11H2,(H,21,22)/p-1/b15-10+. The molecule has 3 rings (SSSR count). The lowest BCUT2D eigenvalue weighted by molar-refractivity contribution is -0.255. The molecule has 2 amide bonds. The number of thioether (sulfide) groups is 1. The number of aromatic carboxylic acids is 1. The largest absolute Gasteiger partial charge is 0.545 e. The summed E-state index contributed by atoms with van der Waals surface area (Å²) < 4.78 is 0. The number of amides is 2. The van der Waals surface area contributed by atoms with Crippen LogP contribution in [0.2, 0.25) is 0 Å². The van der Waals surface area contributed by atoms with Crippen LogP contribution in [0.15, 0.2) is 59.5 Å². The van der Waals surface area contributed by atoms with Gasteiger partial charge in [-0.15, -0.1) is 0 Å². The Morgan fingerprint density at radius 2 is 1.83 bits per heavy atom. The summed E-state index contributed by atoms with van der Waals surface area (Å²) >= 11 is 0.876. The Labute approximate surface area is 142 Å². The zero-order chi connectivity index (χ0) is 17.1. The van der Waals surface area contributed by atoms with Crippen LogP contribution >= 0.6 is 11.8 Å². The summed E-state index contributed by atoms with van der Waals surface area (Å²) in [5.41, 5.74) is 1.40. The van der Waals surface area contributed by atoms with Gasteiger partial charge in [-0.25, -0.2) is 0 Å². The normalized spacial score (nSPS) is 16.0. The summed E-state index contributed by atoms with van der Waals surface area (Å²) in [5, 5.41) is 10.5. The molecule has 5 nitrogen and oxygen atoms in total. The van der Waals surface area contributed by atoms with Gasteiger partial charge >= 0.3 is 0 Å². The lowest BCUT2D eigenvalue weighted by atomic mass is 10.1. The van der Waals surface area contributed by atoms with Crippen LogP contribution in [-0.4, -0.2) is 22.0 Å². The smallest absolute Gasteiger partial charge is 0.293 e. The third-order valence-electron chi connectivity index (χ3n) is 3.47. The molecule has 0 spiro atoms. The van der Waals surface area contributed by atoms with Crippen molar-refractivity contribution in [1.82, 2.24) is 4.90 Å². The fourth-order valence-corrected chi connectivity index (χ4v) is 3.15. The number of carbonyl (C=O) groups excluding carboxylic acids is 3. The maximum Gasteiger partial charge on any atom is 0.293 e. The molecule has 0 saturated carbocycles. The number of carboxylic acid groups (broad SMARTS) is 1. The highest BCUT2D eigenvalue weighted by Gasteiger charge is 2.34. The van der Waals surface area contributed by atoms with Gasteiger partial charge in [-0.3, -0.25) is 14.5 Å². The van der Waals surface area contributed by atoms with Crippen molar-refractivity contribution in [2.24, 2.45) is 0 Å². The predicted molar refractivity (Wildman–Crippen MR) is 88.7 cm³/mol. The van der Waals surface area contributed by atoms with E-state index in [0.717, 1.165) is 22.2 Å². The summed E-state index contributed by atoms with van der Waals surface area (Å²) in [6.45, 7) is 0.0257. The fraction of sp³-hybridized carbons (Fsp3) is 0.0556. The van der Waals surface area contributed by atoms with Crippen molar-refractivity contribution in [3.63, 3.8) is 0 Å². The van der Waals surface area contributed by atoms with Crippen LogP contribution < -0.4 is 5.11 Å². The van der Waals surface area contributed by atoms with Gasteiger partial charge in [0.25, 0.3) is 11.1 Å². The molecule has 0 atom stereocenters. The van der Waals surface area contributed by atoms with Gasteiger partial charge in [0.15, 0.2) is 0 Å². The molecule has 0 N–H and O–H groups in total. The number of carbonyl (C=O) groups is 3. The molecule has 1 fully saturated rings. The second kappa shape index (κ2) is 6.72. The van der Waals surface area contributed by atoms with E-state index in [2.05, 4.69) is 0 Å². The number of imide groups is 1. The molecule has 2 aromatic rings. The number of nitrogens with zero attached hydrogens (tertiary/aromatic N) is 1. The number of hydrogen-bond acceptors (Lipinski definition) is 5. The van der Waals surface area contributed by atoms with Gasteiger partial charge in [0.05, 0.1) is 17.4 Å². The van der Waals surface area contributed by atoms with E-state index in [0.29, 0.717) is 10.5 Å². The highest BCUT2D eigenvalue weighted by atomic mass is 32.2. The average molecular weight is 338 g/mol. The minimum absolute atomic E-state index is 0.0132. The van der Waals surface area contributed by atoms with E-state index in [4.69, 9.17) is 0 Å². The SMILES string of the molecule is O=C([O-])c1cccc(CN2C(=O)S/C(=C/c3ccccc3)C2=O)c1. The Hall–Kier alpha value is -2.86. The van der Waals surface area contributed by atoms with Crippen LogP contribution in [0.25, 0.3) is 6.08 Å². The molecule has 0 radical (unpaired) electrons. The summed E-state index contributed by atoms with van der Waals surface area (Å²) in [7, 11) is 0. The van der Waals surface area contributed by atoms with E-state index < -0.39 is 5.97 Å². The molecule has 120 valence electrons. The lowest BCUT2D eigenvalue weighted by Crippen LogP contribution is -2.28. The quantitative estimate of drug-likeness (QED) is 0.799. The van der Waals surface area contributed by atoms with Crippen molar-refractivity contribution in [3.8, 4) is 0 Å². The van der Waals surface area contributed by atoms with Crippen molar-refractivity contribution >= 4 is 35.0 Å². The molecule has 1 heterocycles. The van der Waals surface area contributed by atoms with E-state index in [1.165, 1.54) is 12.1 Å². The summed E-state index contributed by atoms with van der Waals surface area (Å²) in [6.07, 6.45) is 1.67. The lowest BCUT2D eigenvalue weighted by Gasteiger charge is -2.13. The molecular weight excluding hydrogens is 326 g/mol. The summed E-state index contributed by atoms with van der Waals surface area (Å²) in [6, 6.07) is 15.3. The molecule has 0 bridgehead atoms. The van der Waals surface area contributed by atoms with E-state index in [1.807, 2.05) is 30.3 Å². The maximum atomic E-state index is 12.4. The first-order valence-corrected chi connectivity index (χ1v) is 7.97. The molecule has 24 heavy (non-hydrogen) atoms. The minimum atomic E-state index is -1.30. The van der Waals surface area contributed by atoms with Gasteiger partial charge in [0.1, 0.15) is 0 Å².